The second-order valence-corrected chi connectivity index (χ2v) is 4.95. The molecule has 2 N–H and O–H groups in total. The molecule has 0 heterocycles. The highest BCUT2D eigenvalue weighted by atomic mass is 16.3. The Hall–Kier alpha value is -1.57. The van der Waals surface area contributed by atoms with E-state index in [2.05, 4.69) is 24.8 Å². The van der Waals surface area contributed by atoms with Gasteiger partial charge in [0.05, 0.1) is 24.3 Å². The number of rotatable bonds is 7. The van der Waals surface area contributed by atoms with E-state index in [-0.39, 0.29) is 12.6 Å². The van der Waals surface area contributed by atoms with Crippen LogP contribution >= 0.6 is 0 Å². The molecule has 0 aliphatic rings. The Balaban J connectivity index is 3.32. The molecule has 20 heavy (non-hydrogen) atoms. The van der Waals surface area contributed by atoms with Crippen LogP contribution in [-0.2, 0) is 0 Å². The minimum atomic E-state index is -0.603. The van der Waals surface area contributed by atoms with Crippen molar-refractivity contribution >= 4 is 5.69 Å². The lowest BCUT2D eigenvalue weighted by atomic mass is 10.0. The molecule has 1 aromatic rings. The van der Waals surface area contributed by atoms with E-state index in [0.29, 0.717) is 12.1 Å². The number of nitrogens with zero attached hydrogens (tertiary/aromatic N) is 2. The molecule has 0 radical (unpaired) electrons. The lowest BCUT2D eigenvalue weighted by molar-refractivity contribution is 0.199. The number of benzene rings is 1. The Bertz CT molecular complexity index is 462. The van der Waals surface area contributed by atoms with Gasteiger partial charge in [-0.2, -0.15) is 5.26 Å². The van der Waals surface area contributed by atoms with Gasteiger partial charge >= 0.3 is 0 Å². The van der Waals surface area contributed by atoms with Crippen LogP contribution < -0.4 is 4.90 Å². The summed E-state index contributed by atoms with van der Waals surface area (Å²) < 4.78 is 0. The minimum Gasteiger partial charge on any atom is -0.395 e. The Morgan fingerprint density at radius 2 is 1.95 bits per heavy atom. The van der Waals surface area contributed by atoms with Crippen LogP contribution in [0.5, 0.6) is 0 Å². The third-order valence-corrected chi connectivity index (χ3v) is 3.64. The predicted octanol–water partition coefficient (Wildman–Crippen LogP) is 2.60. The van der Waals surface area contributed by atoms with Crippen molar-refractivity contribution < 1.29 is 10.2 Å². The molecular weight excluding hydrogens is 252 g/mol. The Kier molecular flexibility index (Phi) is 6.50. The average molecular weight is 276 g/mol. The molecule has 0 unspecified atom stereocenters. The second-order valence-electron chi connectivity index (χ2n) is 4.95. The van der Waals surface area contributed by atoms with Crippen molar-refractivity contribution in [1.82, 2.24) is 0 Å². The number of aliphatic hydroxyl groups excluding tert-OH is 2. The summed E-state index contributed by atoms with van der Waals surface area (Å²) in [5.41, 5.74) is 2.21. The van der Waals surface area contributed by atoms with E-state index in [0.717, 1.165) is 24.1 Å². The fraction of sp³-hybridized carbons (Fsp3) is 0.562. The molecule has 0 spiro atoms. The van der Waals surface area contributed by atoms with Gasteiger partial charge in [0.15, 0.2) is 0 Å². The molecule has 0 aromatic heterocycles. The molecule has 0 amide bonds. The van der Waals surface area contributed by atoms with E-state index in [1.807, 2.05) is 0 Å². The van der Waals surface area contributed by atoms with Crippen molar-refractivity contribution in [2.24, 2.45) is 0 Å². The molecule has 4 heteroatoms. The van der Waals surface area contributed by atoms with Crippen LogP contribution in [0.3, 0.4) is 0 Å². The fourth-order valence-electron chi connectivity index (χ4n) is 2.55. The van der Waals surface area contributed by atoms with E-state index in [1.165, 1.54) is 0 Å². The van der Waals surface area contributed by atoms with Gasteiger partial charge in [-0.25, -0.2) is 0 Å². The summed E-state index contributed by atoms with van der Waals surface area (Å²) in [6.07, 6.45) is 1.30. The molecule has 0 aliphatic heterocycles. The number of hydrogen-bond donors (Lipinski definition) is 2. The molecule has 1 atom stereocenters. The number of nitriles is 1. The quantitative estimate of drug-likeness (QED) is 0.803. The summed E-state index contributed by atoms with van der Waals surface area (Å²) >= 11 is 0. The Morgan fingerprint density at radius 1 is 1.30 bits per heavy atom. The largest absolute Gasteiger partial charge is 0.395 e. The molecule has 4 nitrogen and oxygen atoms in total. The van der Waals surface area contributed by atoms with Gasteiger partial charge in [0.25, 0.3) is 0 Å². The number of aliphatic hydroxyl groups is 2. The van der Waals surface area contributed by atoms with Gasteiger partial charge in [-0.3, -0.25) is 0 Å². The third kappa shape index (κ3) is 3.72. The monoisotopic (exact) mass is 276 g/mol. The van der Waals surface area contributed by atoms with Crippen LogP contribution in [-0.4, -0.2) is 29.4 Å². The first-order valence-electron chi connectivity index (χ1n) is 7.18. The lowest BCUT2D eigenvalue weighted by Crippen LogP contribution is -2.37. The van der Waals surface area contributed by atoms with E-state index >= 15 is 0 Å². The van der Waals surface area contributed by atoms with Crippen LogP contribution in [0.25, 0.3) is 0 Å². The lowest BCUT2D eigenvalue weighted by Gasteiger charge is -2.34. The van der Waals surface area contributed by atoms with Gasteiger partial charge in [-0.05, 0) is 31.9 Å². The van der Waals surface area contributed by atoms with Crippen molar-refractivity contribution in [3.8, 4) is 6.07 Å². The number of anilines is 1. The van der Waals surface area contributed by atoms with Gasteiger partial charge in [0.1, 0.15) is 0 Å². The molecule has 1 aromatic carbocycles. The SMILES string of the molecule is CCC(CC)N(CCO)c1cc(C#N)ccc1[C@@H](C)O. The molecule has 0 bridgehead atoms. The first-order chi connectivity index (χ1) is 9.58. The van der Waals surface area contributed by atoms with E-state index < -0.39 is 6.10 Å². The minimum absolute atomic E-state index is 0.0481. The van der Waals surface area contributed by atoms with Gasteiger partial charge in [0, 0.05) is 23.8 Å². The molecule has 0 fully saturated rings. The van der Waals surface area contributed by atoms with Gasteiger partial charge < -0.3 is 15.1 Å². The topological polar surface area (TPSA) is 67.5 Å². The summed E-state index contributed by atoms with van der Waals surface area (Å²) in [6.45, 7) is 6.48. The highest BCUT2D eigenvalue weighted by molar-refractivity contribution is 5.59. The molecule has 0 saturated carbocycles. The first kappa shape index (κ1) is 16.5. The fourth-order valence-corrected chi connectivity index (χ4v) is 2.55. The zero-order valence-corrected chi connectivity index (χ0v) is 12.5. The zero-order valence-electron chi connectivity index (χ0n) is 12.5. The Morgan fingerprint density at radius 3 is 2.40 bits per heavy atom. The highest BCUT2D eigenvalue weighted by Gasteiger charge is 2.20. The van der Waals surface area contributed by atoms with Crippen LogP contribution in [0, 0.1) is 11.3 Å². The highest BCUT2D eigenvalue weighted by Crippen LogP contribution is 2.30. The van der Waals surface area contributed by atoms with Gasteiger partial charge in [-0.15, -0.1) is 0 Å². The van der Waals surface area contributed by atoms with Crippen molar-refractivity contribution in [3.63, 3.8) is 0 Å². The van der Waals surface area contributed by atoms with Gasteiger partial charge in [0.2, 0.25) is 0 Å². The summed E-state index contributed by atoms with van der Waals surface area (Å²) in [5.74, 6) is 0. The standard InChI is InChI=1S/C16H24N2O2/c1-4-14(5-2)18(8-9-19)16-10-13(11-17)6-7-15(16)12(3)20/h6-7,10,12,14,19-20H,4-5,8-9H2,1-3H3/t12-/m1/s1. The van der Waals surface area contributed by atoms with E-state index in [1.54, 1.807) is 25.1 Å². The smallest absolute Gasteiger partial charge is 0.0992 e. The summed E-state index contributed by atoms with van der Waals surface area (Å²) in [4.78, 5) is 2.10. The van der Waals surface area contributed by atoms with Crippen molar-refractivity contribution in [2.45, 2.75) is 45.8 Å². The zero-order chi connectivity index (χ0) is 15.1. The van der Waals surface area contributed by atoms with E-state index in [4.69, 9.17) is 5.26 Å². The second kappa shape index (κ2) is 7.88. The third-order valence-electron chi connectivity index (χ3n) is 3.64. The Labute approximate surface area is 121 Å². The van der Waals surface area contributed by atoms with Crippen LogP contribution in [0.15, 0.2) is 18.2 Å². The maximum absolute atomic E-state index is 9.94. The summed E-state index contributed by atoms with van der Waals surface area (Å²) in [6, 6.07) is 7.74. The summed E-state index contributed by atoms with van der Waals surface area (Å²) in [7, 11) is 0. The number of hydrogen-bond acceptors (Lipinski definition) is 4. The normalized spacial score (nSPS) is 12.2. The maximum atomic E-state index is 9.94. The molecule has 110 valence electrons. The van der Waals surface area contributed by atoms with Crippen LogP contribution in [0.1, 0.15) is 50.8 Å². The summed E-state index contributed by atoms with van der Waals surface area (Å²) in [5, 5.41) is 28.3. The van der Waals surface area contributed by atoms with Crippen molar-refractivity contribution in [3.05, 3.63) is 29.3 Å². The van der Waals surface area contributed by atoms with Crippen molar-refractivity contribution in [2.75, 3.05) is 18.1 Å². The predicted molar refractivity (Wildman–Crippen MR) is 80.6 cm³/mol. The van der Waals surface area contributed by atoms with Gasteiger partial charge in [-0.1, -0.05) is 19.9 Å². The molecule has 0 aliphatic carbocycles. The first-order valence-corrected chi connectivity index (χ1v) is 7.18. The molecular formula is C16H24N2O2. The van der Waals surface area contributed by atoms with Crippen molar-refractivity contribution in [1.29, 1.82) is 5.26 Å². The maximum Gasteiger partial charge on any atom is 0.0992 e. The van der Waals surface area contributed by atoms with Crippen LogP contribution in [0.4, 0.5) is 5.69 Å². The van der Waals surface area contributed by atoms with E-state index in [9.17, 15) is 10.2 Å². The molecule has 0 saturated heterocycles. The average Bonchev–Trinajstić information content (AvgIpc) is 2.46. The molecule has 1 rings (SSSR count). The van der Waals surface area contributed by atoms with Crippen LogP contribution in [0.2, 0.25) is 0 Å².